The van der Waals surface area contributed by atoms with Gasteiger partial charge in [-0.3, -0.25) is 9.59 Å². The van der Waals surface area contributed by atoms with Gasteiger partial charge in [0.15, 0.2) is 0 Å². The van der Waals surface area contributed by atoms with Crippen LogP contribution in [0.25, 0.3) is 0 Å². The van der Waals surface area contributed by atoms with Crippen molar-refractivity contribution < 1.29 is 14.3 Å². The highest BCUT2D eigenvalue weighted by Crippen LogP contribution is 2.39. The quantitative estimate of drug-likeness (QED) is 0.796. The fourth-order valence-electron chi connectivity index (χ4n) is 3.08. The third-order valence-electron chi connectivity index (χ3n) is 4.42. The fourth-order valence-corrected chi connectivity index (χ4v) is 4.27. The average Bonchev–Trinajstić information content (AvgIpc) is 3.03. The molecule has 2 aromatic carbocycles. The van der Waals surface area contributed by atoms with Gasteiger partial charge in [-0.05, 0) is 30.2 Å². The molecule has 2 aromatic rings. The van der Waals surface area contributed by atoms with Gasteiger partial charge in [-0.1, -0.05) is 42.5 Å². The Bertz CT molecular complexity index is 780. The Hall–Kier alpha value is -2.31. The Labute approximate surface area is 164 Å². The minimum Gasteiger partial charge on any atom is -0.383 e. The summed E-state index contributed by atoms with van der Waals surface area (Å²) in [6, 6.07) is 17.4. The van der Waals surface area contributed by atoms with E-state index in [9.17, 15) is 9.59 Å². The van der Waals surface area contributed by atoms with Crippen LogP contribution in [0.1, 0.15) is 33.8 Å². The molecule has 1 aliphatic rings. The second-order valence-electron chi connectivity index (χ2n) is 6.62. The number of nitrogens with one attached hydrogen (secondary N) is 1. The molecular weight excluding hydrogens is 360 g/mol. The molecule has 2 amide bonds. The lowest BCUT2D eigenvalue weighted by Crippen LogP contribution is -2.35. The number of carbonyl (C=O) groups is 2. The Kier molecular flexibility index (Phi) is 6.53. The van der Waals surface area contributed by atoms with Crippen molar-refractivity contribution in [2.24, 2.45) is 0 Å². The molecule has 0 aromatic heterocycles. The topological polar surface area (TPSA) is 58.6 Å². The number of rotatable bonds is 7. The highest BCUT2D eigenvalue weighted by atomic mass is 32.2. The number of amides is 2. The number of ether oxygens (including phenoxy) is 1. The first-order valence-corrected chi connectivity index (χ1v) is 9.98. The van der Waals surface area contributed by atoms with E-state index in [1.807, 2.05) is 66.4 Å². The smallest absolute Gasteiger partial charge is 0.251 e. The molecule has 1 aliphatic heterocycles. The van der Waals surface area contributed by atoms with E-state index in [0.29, 0.717) is 24.5 Å². The molecule has 1 fully saturated rings. The van der Waals surface area contributed by atoms with Crippen molar-refractivity contribution in [2.75, 3.05) is 19.5 Å². The summed E-state index contributed by atoms with van der Waals surface area (Å²) in [5.74, 6) is 0.500. The highest BCUT2D eigenvalue weighted by Gasteiger charge is 2.32. The van der Waals surface area contributed by atoms with Crippen LogP contribution in [-0.2, 0) is 16.1 Å². The lowest BCUT2D eigenvalue weighted by molar-refractivity contribution is -0.128. The number of hydrogen-bond donors (Lipinski definition) is 1. The van der Waals surface area contributed by atoms with Gasteiger partial charge < -0.3 is 15.0 Å². The van der Waals surface area contributed by atoms with Gasteiger partial charge in [0.05, 0.1) is 12.4 Å². The van der Waals surface area contributed by atoms with Gasteiger partial charge in [-0.2, -0.15) is 0 Å². The summed E-state index contributed by atoms with van der Waals surface area (Å²) < 4.78 is 5.04. The van der Waals surface area contributed by atoms with Crippen molar-refractivity contribution in [3.8, 4) is 0 Å². The SMILES string of the molecule is COC[C@H](C)NC(=O)c1ccc([C@@H]2SCC(=O)N2Cc2ccccc2)cc1. The predicted molar refractivity (Wildman–Crippen MR) is 107 cm³/mol. The first-order valence-electron chi connectivity index (χ1n) is 8.93. The summed E-state index contributed by atoms with van der Waals surface area (Å²) in [7, 11) is 1.61. The maximum atomic E-state index is 12.3. The molecule has 5 nitrogen and oxygen atoms in total. The molecule has 0 aliphatic carbocycles. The van der Waals surface area contributed by atoms with Gasteiger partial charge in [0.2, 0.25) is 5.91 Å². The number of hydrogen-bond acceptors (Lipinski definition) is 4. The van der Waals surface area contributed by atoms with E-state index in [-0.39, 0.29) is 23.2 Å². The molecule has 0 spiro atoms. The average molecular weight is 385 g/mol. The number of nitrogens with zero attached hydrogens (tertiary/aromatic N) is 1. The van der Waals surface area contributed by atoms with Gasteiger partial charge in [0, 0.05) is 25.3 Å². The second kappa shape index (κ2) is 9.06. The van der Waals surface area contributed by atoms with Gasteiger partial charge >= 0.3 is 0 Å². The number of carbonyl (C=O) groups excluding carboxylic acids is 2. The summed E-state index contributed by atoms with van der Waals surface area (Å²) in [5.41, 5.74) is 2.75. The van der Waals surface area contributed by atoms with E-state index in [0.717, 1.165) is 11.1 Å². The zero-order chi connectivity index (χ0) is 19.2. The summed E-state index contributed by atoms with van der Waals surface area (Å²) >= 11 is 1.62. The molecule has 142 valence electrons. The molecule has 1 saturated heterocycles. The zero-order valence-electron chi connectivity index (χ0n) is 15.6. The van der Waals surface area contributed by atoms with Crippen LogP contribution in [0.5, 0.6) is 0 Å². The normalized spacial score (nSPS) is 17.8. The van der Waals surface area contributed by atoms with E-state index in [1.54, 1.807) is 18.9 Å². The molecule has 0 radical (unpaired) electrons. The second-order valence-corrected chi connectivity index (χ2v) is 7.69. The summed E-state index contributed by atoms with van der Waals surface area (Å²) in [6.45, 7) is 2.96. The summed E-state index contributed by atoms with van der Waals surface area (Å²) in [4.78, 5) is 26.5. The van der Waals surface area contributed by atoms with Crippen molar-refractivity contribution in [2.45, 2.75) is 24.9 Å². The van der Waals surface area contributed by atoms with Crippen LogP contribution in [-0.4, -0.2) is 42.2 Å². The summed E-state index contributed by atoms with van der Waals surface area (Å²) in [5, 5.41) is 2.88. The molecule has 27 heavy (non-hydrogen) atoms. The fraction of sp³-hybridized carbons (Fsp3) is 0.333. The molecule has 2 atom stereocenters. The monoisotopic (exact) mass is 384 g/mol. The molecule has 1 N–H and O–H groups in total. The van der Waals surface area contributed by atoms with Crippen molar-refractivity contribution in [3.63, 3.8) is 0 Å². The van der Waals surface area contributed by atoms with Crippen molar-refractivity contribution in [1.82, 2.24) is 10.2 Å². The van der Waals surface area contributed by atoms with Crippen LogP contribution in [0.3, 0.4) is 0 Å². The van der Waals surface area contributed by atoms with Crippen LogP contribution in [0.2, 0.25) is 0 Å². The number of thioether (sulfide) groups is 1. The molecule has 3 rings (SSSR count). The summed E-state index contributed by atoms with van der Waals surface area (Å²) in [6.07, 6.45) is 0. The predicted octanol–water partition coefficient (Wildman–Crippen LogP) is 3.23. The first kappa shape index (κ1) is 19.5. The van der Waals surface area contributed by atoms with E-state index in [2.05, 4.69) is 5.32 Å². The van der Waals surface area contributed by atoms with Crippen molar-refractivity contribution in [1.29, 1.82) is 0 Å². The Balaban J connectivity index is 1.70. The molecule has 0 bridgehead atoms. The van der Waals surface area contributed by atoms with E-state index < -0.39 is 0 Å². The van der Waals surface area contributed by atoms with Crippen LogP contribution in [0, 0.1) is 0 Å². The van der Waals surface area contributed by atoms with E-state index in [4.69, 9.17) is 4.74 Å². The van der Waals surface area contributed by atoms with Crippen molar-refractivity contribution >= 4 is 23.6 Å². The molecule has 1 heterocycles. The molecular formula is C21H24N2O3S. The third-order valence-corrected chi connectivity index (χ3v) is 5.67. The molecule has 0 saturated carbocycles. The standard InChI is InChI=1S/C21H24N2O3S/c1-15(13-26-2)22-20(25)17-8-10-18(11-9-17)21-23(19(24)14-27-21)12-16-6-4-3-5-7-16/h3-11,15,21H,12-14H2,1-2H3,(H,22,25)/t15-,21-/m0/s1. The maximum absolute atomic E-state index is 12.3. The molecule has 6 heteroatoms. The van der Waals surface area contributed by atoms with Gasteiger partial charge in [-0.25, -0.2) is 0 Å². The largest absolute Gasteiger partial charge is 0.383 e. The van der Waals surface area contributed by atoms with Crippen LogP contribution in [0.4, 0.5) is 0 Å². The van der Waals surface area contributed by atoms with Crippen molar-refractivity contribution in [3.05, 3.63) is 71.3 Å². The lowest BCUT2D eigenvalue weighted by atomic mass is 10.1. The Morgan fingerprint density at radius 2 is 1.93 bits per heavy atom. The number of methoxy groups -OCH3 is 1. The number of benzene rings is 2. The first-order chi connectivity index (χ1) is 13.1. The van der Waals surface area contributed by atoms with E-state index in [1.165, 1.54) is 0 Å². The van der Waals surface area contributed by atoms with Gasteiger partial charge in [-0.15, -0.1) is 11.8 Å². The zero-order valence-corrected chi connectivity index (χ0v) is 16.4. The third kappa shape index (κ3) is 4.90. The minimum absolute atomic E-state index is 0.0257. The van der Waals surface area contributed by atoms with Crippen LogP contribution in [0.15, 0.2) is 54.6 Å². The lowest BCUT2D eigenvalue weighted by Gasteiger charge is -2.24. The maximum Gasteiger partial charge on any atom is 0.251 e. The van der Waals surface area contributed by atoms with Gasteiger partial charge in [0.25, 0.3) is 5.91 Å². The highest BCUT2D eigenvalue weighted by molar-refractivity contribution is 8.00. The van der Waals surface area contributed by atoms with Crippen LogP contribution >= 0.6 is 11.8 Å². The van der Waals surface area contributed by atoms with E-state index >= 15 is 0 Å². The Morgan fingerprint density at radius 1 is 1.22 bits per heavy atom. The van der Waals surface area contributed by atoms with Crippen LogP contribution < -0.4 is 5.32 Å². The van der Waals surface area contributed by atoms with Gasteiger partial charge in [0.1, 0.15) is 5.37 Å². The molecule has 0 unspecified atom stereocenters. The Morgan fingerprint density at radius 3 is 2.59 bits per heavy atom. The minimum atomic E-state index is -0.123.